The highest BCUT2D eigenvalue weighted by atomic mass is 16.7. The highest BCUT2D eigenvalue weighted by Crippen LogP contribution is 2.04. The summed E-state index contributed by atoms with van der Waals surface area (Å²) < 4.78 is 10.5. The first-order valence-corrected chi connectivity index (χ1v) is 5.04. The molecule has 1 aromatic rings. The van der Waals surface area contributed by atoms with Gasteiger partial charge in [0.25, 0.3) is 0 Å². The van der Waals surface area contributed by atoms with E-state index in [-0.39, 0.29) is 0 Å². The number of benzene rings is 1. The predicted octanol–water partition coefficient (Wildman–Crippen LogP) is 2.90. The second-order valence-electron chi connectivity index (χ2n) is 3.36. The number of ether oxygens (including phenoxy) is 2. The summed E-state index contributed by atoms with van der Waals surface area (Å²) in [6.45, 7) is 5.95. The van der Waals surface area contributed by atoms with Crippen LogP contribution < -0.4 is 0 Å². The molecule has 0 aliphatic carbocycles. The SMILES string of the molecule is CCCOCOCc1ccc(C)cc1. The zero-order valence-corrected chi connectivity index (χ0v) is 8.95. The van der Waals surface area contributed by atoms with Crippen molar-refractivity contribution in [2.45, 2.75) is 26.9 Å². The van der Waals surface area contributed by atoms with Gasteiger partial charge in [-0.15, -0.1) is 0 Å². The number of hydrogen-bond acceptors (Lipinski definition) is 2. The maximum atomic E-state index is 5.34. The number of aryl methyl sites for hydroxylation is 1. The Balaban J connectivity index is 2.15. The highest BCUT2D eigenvalue weighted by molar-refractivity contribution is 5.20. The first-order chi connectivity index (χ1) is 6.83. The summed E-state index contributed by atoms with van der Waals surface area (Å²) in [5.74, 6) is 0. The van der Waals surface area contributed by atoms with E-state index in [2.05, 4.69) is 38.1 Å². The molecule has 0 spiro atoms. The van der Waals surface area contributed by atoms with Gasteiger partial charge in [0.05, 0.1) is 6.61 Å². The Kier molecular flexibility index (Phi) is 5.27. The van der Waals surface area contributed by atoms with E-state index in [1.807, 2.05) is 0 Å². The minimum atomic E-state index is 0.391. The maximum Gasteiger partial charge on any atom is 0.147 e. The minimum absolute atomic E-state index is 0.391. The normalized spacial score (nSPS) is 10.4. The van der Waals surface area contributed by atoms with Gasteiger partial charge in [-0.3, -0.25) is 0 Å². The lowest BCUT2D eigenvalue weighted by atomic mass is 10.2. The Morgan fingerprint density at radius 1 is 1.07 bits per heavy atom. The smallest absolute Gasteiger partial charge is 0.147 e. The fourth-order valence-corrected chi connectivity index (χ4v) is 1.11. The summed E-state index contributed by atoms with van der Waals surface area (Å²) in [5, 5.41) is 0. The Labute approximate surface area is 85.8 Å². The summed E-state index contributed by atoms with van der Waals surface area (Å²) in [6, 6.07) is 8.33. The van der Waals surface area contributed by atoms with Gasteiger partial charge >= 0.3 is 0 Å². The van der Waals surface area contributed by atoms with Crippen molar-refractivity contribution in [1.29, 1.82) is 0 Å². The van der Waals surface area contributed by atoms with Crippen LogP contribution in [-0.2, 0) is 16.1 Å². The van der Waals surface area contributed by atoms with Crippen LogP contribution in [0, 0.1) is 6.92 Å². The molecular weight excluding hydrogens is 176 g/mol. The Bertz CT molecular complexity index is 241. The summed E-state index contributed by atoms with van der Waals surface area (Å²) in [5.41, 5.74) is 2.46. The summed E-state index contributed by atoms with van der Waals surface area (Å²) >= 11 is 0. The van der Waals surface area contributed by atoms with Gasteiger partial charge in [0.1, 0.15) is 6.79 Å². The van der Waals surface area contributed by atoms with Crippen molar-refractivity contribution in [2.75, 3.05) is 13.4 Å². The second kappa shape index (κ2) is 6.57. The van der Waals surface area contributed by atoms with Crippen LogP contribution in [0.1, 0.15) is 24.5 Å². The van der Waals surface area contributed by atoms with Crippen LogP contribution in [0.3, 0.4) is 0 Å². The van der Waals surface area contributed by atoms with E-state index in [1.165, 1.54) is 11.1 Å². The van der Waals surface area contributed by atoms with Crippen molar-refractivity contribution >= 4 is 0 Å². The Hall–Kier alpha value is -0.860. The van der Waals surface area contributed by atoms with Crippen LogP contribution in [0.25, 0.3) is 0 Å². The number of hydrogen-bond donors (Lipinski definition) is 0. The fraction of sp³-hybridized carbons (Fsp3) is 0.500. The van der Waals surface area contributed by atoms with Gasteiger partial charge in [-0.1, -0.05) is 36.8 Å². The molecule has 78 valence electrons. The van der Waals surface area contributed by atoms with Crippen molar-refractivity contribution in [3.8, 4) is 0 Å². The molecule has 1 rings (SSSR count). The molecule has 2 heteroatoms. The molecule has 0 radical (unpaired) electrons. The molecule has 0 fully saturated rings. The van der Waals surface area contributed by atoms with Crippen molar-refractivity contribution < 1.29 is 9.47 Å². The molecule has 0 amide bonds. The Morgan fingerprint density at radius 2 is 1.79 bits per heavy atom. The quantitative estimate of drug-likeness (QED) is 0.512. The van der Waals surface area contributed by atoms with Gasteiger partial charge in [0.2, 0.25) is 0 Å². The average molecular weight is 194 g/mol. The van der Waals surface area contributed by atoms with Gasteiger partial charge in [-0.05, 0) is 18.9 Å². The summed E-state index contributed by atoms with van der Waals surface area (Å²) in [7, 11) is 0. The first-order valence-electron chi connectivity index (χ1n) is 5.04. The molecule has 0 aliphatic heterocycles. The summed E-state index contributed by atoms with van der Waals surface area (Å²) in [4.78, 5) is 0. The lowest BCUT2D eigenvalue weighted by Crippen LogP contribution is -2.00. The zero-order valence-electron chi connectivity index (χ0n) is 8.95. The molecule has 0 aromatic heterocycles. The van der Waals surface area contributed by atoms with Crippen molar-refractivity contribution in [3.05, 3.63) is 35.4 Å². The third-order valence-electron chi connectivity index (χ3n) is 1.90. The third kappa shape index (κ3) is 4.40. The van der Waals surface area contributed by atoms with E-state index >= 15 is 0 Å². The van der Waals surface area contributed by atoms with Crippen molar-refractivity contribution in [2.24, 2.45) is 0 Å². The van der Waals surface area contributed by atoms with Crippen molar-refractivity contribution in [1.82, 2.24) is 0 Å². The lowest BCUT2D eigenvalue weighted by molar-refractivity contribution is -0.0611. The van der Waals surface area contributed by atoms with Crippen LogP contribution >= 0.6 is 0 Å². The van der Waals surface area contributed by atoms with Crippen LogP contribution in [0.4, 0.5) is 0 Å². The highest BCUT2D eigenvalue weighted by Gasteiger charge is 1.92. The van der Waals surface area contributed by atoms with E-state index in [4.69, 9.17) is 9.47 Å². The fourth-order valence-electron chi connectivity index (χ4n) is 1.11. The molecule has 0 heterocycles. The van der Waals surface area contributed by atoms with Crippen LogP contribution in [0.15, 0.2) is 24.3 Å². The minimum Gasteiger partial charge on any atom is -0.355 e. The van der Waals surface area contributed by atoms with E-state index in [0.717, 1.165) is 13.0 Å². The molecule has 0 unspecified atom stereocenters. The van der Waals surface area contributed by atoms with Gasteiger partial charge in [0.15, 0.2) is 0 Å². The van der Waals surface area contributed by atoms with Gasteiger partial charge in [-0.2, -0.15) is 0 Å². The average Bonchev–Trinajstić information content (AvgIpc) is 2.21. The van der Waals surface area contributed by atoms with E-state index < -0.39 is 0 Å². The zero-order chi connectivity index (χ0) is 10.2. The molecule has 0 atom stereocenters. The van der Waals surface area contributed by atoms with Crippen LogP contribution in [0.5, 0.6) is 0 Å². The Morgan fingerprint density at radius 3 is 2.43 bits per heavy atom. The van der Waals surface area contributed by atoms with E-state index in [1.54, 1.807) is 0 Å². The molecule has 14 heavy (non-hydrogen) atoms. The van der Waals surface area contributed by atoms with Gasteiger partial charge < -0.3 is 9.47 Å². The van der Waals surface area contributed by atoms with Gasteiger partial charge in [-0.25, -0.2) is 0 Å². The third-order valence-corrected chi connectivity index (χ3v) is 1.90. The molecule has 0 aliphatic rings. The lowest BCUT2D eigenvalue weighted by Gasteiger charge is -2.04. The van der Waals surface area contributed by atoms with Crippen LogP contribution in [0.2, 0.25) is 0 Å². The van der Waals surface area contributed by atoms with E-state index in [0.29, 0.717) is 13.4 Å². The predicted molar refractivity (Wildman–Crippen MR) is 57.1 cm³/mol. The van der Waals surface area contributed by atoms with E-state index in [9.17, 15) is 0 Å². The molecule has 0 N–H and O–H groups in total. The molecule has 0 saturated heterocycles. The molecule has 1 aromatic carbocycles. The topological polar surface area (TPSA) is 18.5 Å². The molecule has 2 nitrogen and oxygen atoms in total. The van der Waals surface area contributed by atoms with Crippen LogP contribution in [-0.4, -0.2) is 13.4 Å². The number of rotatable bonds is 6. The second-order valence-corrected chi connectivity index (χ2v) is 3.36. The summed E-state index contributed by atoms with van der Waals surface area (Å²) in [6.07, 6.45) is 1.04. The van der Waals surface area contributed by atoms with Crippen molar-refractivity contribution in [3.63, 3.8) is 0 Å². The monoisotopic (exact) mass is 194 g/mol. The standard InChI is InChI=1S/C12H18O2/c1-3-8-13-10-14-9-12-6-4-11(2)5-7-12/h4-7H,3,8-10H2,1-2H3. The maximum absolute atomic E-state index is 5.34. The van der Waals surface area contributed by atoms with Gasteiger partial charge in [0, 0.05) is 6.61 Å². The molecule has 0 saturated carbocycles. The molecular formula is C12H18O2. The molecule has 0 bridgehead atoms. The largest absolute Gasteiger partial charge is 0.355 e. The first kappa shape index (κ1) is 11.2.